The highest BCUT2D eigenvalue weighted by atomic mass is 32.2. The Morgan fingerprint density at radius 3 is 2.75 bits per heavy atom. The van der Waals surface area contributed by atoms with Gasteiger partial charge in [0.15, 0.2) is 0 Å². The Hall–Kier alpha value is -1.80. The van der Waals surface area contributed by atoms with Gasteiger partial charge in [-0.3, -0.25) is 0 Å². The summed E-state index contributed by atoms with van der Waals surface area (Å²) in [6.45, 7) is 1.96. The van der Waals surface area contributed by atoms with E-state index in [2.05, 4.69) is 14.9 Å². The monoisotopic (exact) mass is 352 g/mol. The third kappa shape index (κ3) is 3.49. The summed E-state index contributed by atoms with van der Waals surface area (Å²) in [6.07, 6.45) is 4.23. The molecule has 0 aliphatic heterocycles. The number of hydrogen-bond acceptors (Lipinski definition) is 4. The van der Waals surface area contributed by atoms with Crippen molar-refractivity contribution in [2.75, 3.05) is 0 Å². The number of alkyl halides is 1. The highest BCUT2D eigenvalue weighted by molar-refractivity contribution is 7.89. The van der Waals surface area contributed by atoms with E-state index in [1.165, 1.54) is 18.7 Å². The van der Waals surface area contributed by atoms with Crippen molar-refractivity contribution in [3.8, 4) is 0 Å². The Morgan fingerprint density at radius 2 is 2.04 bits per heavy atom. The molecule has 0 radical (unpaired) electrons. The lowest BCUT2D eigenvalue weighted by molar-refractivity contribution is 0.137. The molecule has 0 bridgehead atoms. The van der Waals surface area contributed by atoms with Crippen LogP contribution in [0.4, 0.5) is 4.39 Å². The van der Waals surface area contributed by atoms with Gasteiger partial charge in [-0.05, 0) is 43.4 Å². The lowest BCUT2D eigenvalue weighted by atomic mass is 9.89. The highest BCUT2D eigenvalue weighted by Crippen LogP contribution is 2.32. The van der Waals surface area contributed by atoms with Crippen LogP contribution in [-0.2, 0) is 16.4 Å². The molecule has 0 amide bonds. The van der Waals surface area contributed by atoms with E-state index in [-0.39, 0.29) is 4.90 Å². The minimum atomic E-state index is -3.75. The van der Waals surface area contributed by atoms with Crippen LogP contribution >= 0.6 is 0 Å². The molecule has 24 heavy (non-hydrogen) atoms. The standard InChI is InChI=1S/C16H21FN4O2S/c1-2-12-5-3-6-13(9-12)24(22,23)20-14-7-4-8-15(16(14)17)21-10-18-19-11-21/h3,5-6,9-11,14-16,20H,2,4,7-8H2,1H3/t14-,15+,16?/m0/s1. The molecule has 8 heteroatoms. The molecule has 1 aliphatic rings. The molecule has 130 valence electrons. The van der Waals surface area contributed by atoms with Gasteiger partial charge in [0.25, 0.3) is 0 Å². The van der Waals surface area contributed by atoms with E-state index in [9.17, 15) is 12.8 Å². The molecule has 1 N–H and O–H groups in total. The zero-order valence-corrected chi connectivity index (χ0v) is 14.3. The van der Waals surface area contributed by atoms with Crippen molar-refractivity contribution in [2.24, 2.45) is 0 Å². The van der Waals surface area contributed by atoms with E-state index in [4.69, 9.17) is 0 Å². The van der Waals surface area contributed by atoms with E-state index >= 15 is 0 Å². The van der Waals surface area contributed by atoms with Crippen LogP contribution in [0.1, 0.15) is 37.8 Å². The number of nitrogens with one attached hydrogen (secondary N) is 1. The van der Waals surface area contributed by atoms with Crippen molar-refractivity contribution in [2.45, 2.75) is 55.8 Å². The summed E-state index contributed by atoms with van der Waals surface area (Å²) in [5.41, 5.74) is 0.931. The Balaban J connectivity index is 1.78. The molecule has 1 fully saturated rings. The average Bonchev–Trinajstić information content (AvgIpc) is 3.11. The van der Waals surface area contributed by atoms with Crippen LogP contribution in [0.2, 0.25) is 0 Å². The topological polar surface area (TPSA) is 76.9 Å². The number of benzene rings is 1. The molecule has 0 saturated heterocycles. The van der Waals surface area contributed by atoms with Gasteiger partial charge in [0.2, 0.25) is 10.0 Å². The number of nitrogens with zero attached hydrogens (tertiary/aromatic N) is 3. The molecule has 1 aliphatic carbocycles. The van der Waals surface area contributed by atoms with Crippen LogP contribution in [-0.4, -0.2) is 35.4 Å². The van der Waals surface area contributed by atoms with Crippen molar-refractivity contribution in [3.63, 3.8) is 0 Å². The molecule has 1 unspecified atom stereocenters. The van der Waals surface area contributed by atoms with Crippen molar-refractivity contribution < 1.29 is 12.8 Å². The van der Waals surface area contributed by atoms with Gasteiger partial charge in [0, 0.05) is 0 Å². The lowest BCUT2D eigenvalue weighted by Crippen LogP contribution is -2.47. The maximum atomic E-state index is 14.9. The highest BCUT2D eigenvalue weighted by Gasteiger charge is 2.37. The van der Waals surface area contributed by atoms with Crippen LogP contribution in [0, 0.1) is 0 Å². The number of rotatable bonds is 5. The van der Waals surface area contributed by atoms with E-state index in [1.807, 2.05) is 13.0 Å². The quantitative estimate of drug-likeness (QED) is 0.895. The van der Waals surface area contributed by atoms with Crippen molar-refractivity contribution in [3.05, 3.63) is 42.5 Å². The van der Waals surface area contributed by atoms with E-state index in [0.29, 0.717) is 12.8 Å². The Labute approximate surface area is 141 Å². The summed E-state index contributed by atoms with van der Waals surface area (Å²) in [5, 5.41) is 7.41. The fraction of sp³-hybridized carbons (Fsp3) is 0.500. The zero-order valence-electron chi connectivity index (χ0n) is 13.5. The third-order valence-corrected chi connectivity index (χ3v) is 6.00. The molecular formula is C16H21FN4O2S. The first-order chi connectivity index (χ1) is 11.5. The van der Waals surface area contributed by atoms with E-state index in [0.717, 1.165) is 18.4 Å². The van der Waals surface area contributed by atoms with Crippen LogP contribution in [0.15, 0.2) is 41.8 Å². The molecule has 2 aromatic rings. The molecule has 1 saturated carbocycles. The zero-order chi connectivity index (χ0) is 17.2. The Morgan fingerprint density at radius 1 is 1.29 bits per heavy atom. The predicted molar refractivity (Wildman–Crippen MR) is 87.7 cm³/mol. The SMILES string of the molecule is CCc1cccc(S(=O)(=O)N[C@H]2CCC[C@@H](n3cnnc3)C2F)c1. The van der Waals surface area contributed by atoms with Crippen LogP contribution < -0.4 is 4.72 Å². The molecular weight excluding hydrogens is 331 g/mol. The minimum absolute atomic E-state index is 0.181. The first kappa shape index (κ1) is 17.0. The minimum Gasteiger partial charge on any atom is -0.314 e. The Bertz CT molecular complexity index is 779. The number of halogens is 1. The second-order valence-electron chi connectivity index (χ2n) is 6.08. The van der Waals surface area contributed by atoms with Gasteiger partial charge in [-0.25, -0.2) is 17.5 Å². The van der Waals surface area contributed by atoms with E-state index in [1.54, 1.807) is 16.7 Å². The number of sulfonamides is 1. The van der Waals surface area contributed by atoms with Gasteiger partial charge in [0.05, 0.1) is 17.0 Å². The summed E-state index contributed by atoms with van der Waals surface area (Å²) in [6, 6.07) is 5.57. The number of hydrogen-bond donors (Lipinski definition) is 1. The van der Waals surface area contributed by atoms with Crippen molar-refractivity contribution in [1.82, 2.24) is 19.5 Å². The molecule has 0 spiro atoms. The molecule has 1 heterocycles. The summed E-state index contributed by atoms with van der Waals surface area (Å²) in [5.74, 6) is 0. The number of aryl methyl sites for hydroxylation is 1. The van der Waals surface area contributed by atoms with Gasteiger partial charge in [-0.1, -0.05) is 19.1 Å². The fourth-order valence-corrected chi connectivity index (χ4v) is 4.50. The smallest absolute Gasteiger partial charge is 0.240 e. The second-order valence-corrected chi connectivity index (χ2v) is 7.79. The summed E-state index contributed by atoms with van der Waals surface area (Å²) in [4.78, 5) is 0.181. The molecule has 1 aromatic carbocycles. The van der Waals surface area contributed by atoms with Crippen molar-refractivity contribution in [1.29, 1.82) is 0 Å². The largest absolute Gasteiger partial charge is 0.314 e. The molecule has 1 aromatic heterocycles. The first-order valence-electron chi connectivity index (χ1n) is 8.10. The molecule has 3 rings (SSSR count). The van der Waals surface area contributed by atoms with Gasteiger partial charge in [0.1, 0.15) is 18.8 Å². The van der Waals surface area contributed by atoms with Gasteiger partial charge in [-0.2, -0.15) is 0 Å². The Kier molecular flexibility index (Phi) is 4.96. The molecule has 3 atom stereocenters. The van der Waals surface area contributed by atoms with Crippen LogP contribution in [0.3, 0.4) is 0 Å². The summed E-state index contributed by atoms with van der Waals surface area (Å²) in [7, 11) is -3.75. The second kappa shape index (κ2) is 6.98. The van der Waals surface area contributed by atoms with Crippen LogP contribution in [0.25, 0.3) is 0 Å². The number of aromatic nitrogens is 3. The third-order valence-electron chi connectivity index (χ3n) is 4.51. The van der Waals surface area contributed by atoms with Gasteiger partial charge in [-0.15, -0.1) is 10.2 Å². The normalized spacial score (nSPS) is 24.8. The van der Waals surface area contributed by atoms with Gasteiger partial charge >= 0.3 is 0 Å². The summed E-state index contributed by atoms with van der Waals surface area (Å²) >= 11 is 0. The maximum absolute atomic E-state index is 14.9. The lowest BCUT2D eigenvalue weighted by Gasteiger charge is -2.33. The predicted octanol–water partition coefficient (Wildman–Crippen LogP) is 2.25. The molecule has 6 nitrogen and oxygen atoms in total. The summed E-state index contributed by atoms with van der Waals surface area (Å²) < 4.78 is 44.2. The van der Waals surface area contributed by atoms with Gasteiger partial charge < -0.3 is 4.57 Å². The van der Waals surface area contributed by atoms with Crippen molar-refractivity contribution >= 4 is 10.0 Å². The van der Waals surface area contributed by atoms with Crippen LogP contribution in [0.5, 0.6) is 0 Å². The first-order valence-corrected chi connectivity index (χ1v) is 9.59. The van der Waals surface area contributed by atoms with E-state index < -0.39 is 28.3 Å². The maximum Gasteiger partial charge on any atom is 0.240 e. The fourth-order valence-electron chi connectivity index (χ4n) is 3.15. The average molecular weight is 352 g/mol.